The van der Waals surface area contributed by atoms with E-state index in [9.17, 15) is 9.59 Å². The van der Waals surface area contributed by atoms with E-state index in [-0.39, 0.29) is 18.4 Å². The van der Waals surface area contributed by atoms with Gasteiger partial charge < -0.3 is 10.2 Å². The minimum Gasteiger partial charge on any atom is -0.372 e. The molecule has 2 fully saturated rings. The van der Waals surface area contributed by atoms with Crippen LogP contribution in [0.15, 0.2) is 24.3 Å². The summed E-state index contributed by atoms with van der Waals surface area (Å²) in [4.78, 5) is 27.7. The molecule has 5 nitrogen and oxygen atoms in total. The molecule has 1 unspecified atom stereocenters. The summed E-state index contributed by atoms with van der Waals surface area (Å²) < 4.78 is 0. The average molecular weight is 287 g/mol. The van der Waals surface area contributed by atoms with E-state index < -0.39 is 6.04 Å². The zero-order valence-corrected chi connectivity index (χ0v) is 12.3. The third-order valence-electron chi connectivity index (χ3n) is 4.30. The maximum Gasteiger partial charge on any atom is 0.247 e. The van der Waals surface area contributed by atoms with Gasteiger partial charge in [0, 0.05) is 24.5 Å². The number of nitrogens with one attached hydrogen (secondary N) is 1. The predicted molar refractivity (Wildman–Crippen MR) is 82.5 cm³/mol. The van der Waals surface area contributed by atoms with Gasteiger partial charge in [0.1, 0.15) is 6.04 Å². The van der Waals surface area contributed by atoms with Gasteiger partial charge in [-0.1, -0.05) is 0 Å². The lowest BCUT2D eigenvalue weighted by molar-refractivity contribution is -0.130. The molecule has 0 aromatic heterocycles. The van der Waals surface area contributed by atoms with Crippen molar-refractivity contribution in [2.75, 3.05) is 29.4 Å². The Morgan fingerprint density at radius 1 is 1.00 bits per heavy atom. The van der Waals surface area contributed by atoms with Gasteiger partial charge >= 0.3 is 0 Å². The molecule has 21 heavy (non-hydrogen) atoms. The maximum atomic E-state index is 12.0. The van der Waals surface area contributed by atoms with Crippen LogP contribution >= 0.6 is 0 Å². The van der Waals surface area contributed by atoms with Crippen molar-refractivity contribution in [1.82, 2.24) is 5.32 Å². The Balaban J connectivity index is 1.79. The molecular formula is C16H21N3O2. The summed E-state index contributed by atoms with van der Waals surface area (Å²) in [6.07, 6.45) is 3.79. The van der Waals surface area contributed by atoms with Crippen molar-refractivity contribution in [3.8, 4) is 0 Å². The highest BCUT2D eigenvalue weighted by Gasteiger charge is 2.31. The molecule has 5 heteroatoms. The van der Waals surface area contributed by atoms with Crippen molar-refractivity contribution in [3.63, 3.8) is 0 Å². The number of piperidine rings is 1. The number of hydrogen-bond donors (Lipinski definition) is 1. The van der Waals surface area contributed by atoms with Gasteiger partial charge in [0.25, 0.3) is 0 Å². The Morgan fingerprint density at radius 2 is 1.62 bits per heavy atom. The van der Waals surface area contributed by atoms with Gasteiger partial charge in [-0.3, -0.25) is 14.5 Å². The zero-order valence-electron chi connectivity index (χ0n) is 12.3. The van der Waals surface area contributed by atoms with Crippen molar-refractivity contribution in [2.45, 2.75) is 32.2 Å². The van der Waals surface area contributed by atoms with E-state index in [1.165, 1.54) is 24.9 Å². The highest BCUT2D eigenvalue weighted by molar-refractivity contribution is 6.06. The molecule has 1 N–H and O–H groups in total. The van der Waals surface area contributed by atoms with Crippen molar-refractivity contribution in [2.24, 2.45) is 0 Å². The van der Waals surface area contributed by atoms with Crippen LogP contribution in [0.3, 0.4) is 0 Å². The predicted octanol–water partition coefficient (Wildman–Crippen LogP) is 1.53. The normalized spacial score (nSPS) is 23.2. The second-order valence-corrected chi connectivity index (χ2v) is 5.72. The van der Waals surface area contributed by atoms with E-state index in [0.717, 1.165) is 18.8 Å². The average Bonchev–Trinajstić information content (AvgIpc) is 2.53. The Hall–Kier alpha value is -2.04. The standard InChI is InChI=1S/C16H21N3O2/c1-12-16(21)17-11-15(20)19(12)14-7-5-13(6-8-14)18-9-3-2-4-10-18/h5-8,12H,2-4,9-11H2,1H3,(H,17,21). The van der Waals surface area contributed by atoms with Gasteiger partial charge in [0.2, 0.25) is 11.8 Å². The van der Waals surface area contributed by atoms with E-state index >= 15 is 0 Å². The van der Waals surface area contributed by atoms with Crippen LogP contribution in [-0.4, -0.2) is 37.5 Å². The second-order valence-electron chi connectivity index (χ2n) is 5.72. The number of carbonyl (C=O) groups excluding carboxylic acids is 2. The highest BCUT2D eigenvalue weighted by atomic mass is 16.2. The first-order chi connectivity index (χ1) is 10.2. The van der Waals surface area contributed by atoms with Gasteiger partial charge in [-0.15, -0.1) is 0 Å². The fourth-order valence-corrected chi connectivity index (χ4v) is 3.07. The van der Waals surface area contributed by atoms with Crippen LogP contribution in [-0.2, 0) is 9.59 Å². The Bertz CT molecular complexity index is 535. The molecule has 2 aliphatic rings. The van der Waals surface area contributed by atoms with Crippen LogP contribution in [0.2, 0.25) is 0 Å². The first-order valence-corrected chi connectivity index (χ1v) is 7.61. The van der Waals surface area contributed by atoms with E-state index in [1.54, 1.807) is 11.8 Å². The van der Waals surface area contributed by atoms with Gasteiger partial charge in [-0.05, 0) is 50.5 Å². The summed E-state index contributed by atoms with van der Waals surface area (Å²) in [5.74, 6) is -0.164. The van der Waals surface area contributed by atoms with Crippen LogP contribution < -0.4 is 15.1 Å². The molecule has 2 saturated heterocycles. The lowest BCUT2D eigenvalue weighted by Crippen LogP contribution is -2.57. The minimum absolute atomic E-state index is 0.0622. The number of rotatable bonds is 2. The van der Waals surface area contributed by atoms with Gasteiger partial charge in [0.15, 0.2) is 0 Å². The first-order valence-electron chi connectivity index (χ1n) is 7.61. The Morgan fingerprint density at radius 3 is 2.29 bits per heavy atom. The molecule has 0 spiro atoms. The molecule has 2 heterocycles. The number of amides is 2. The topological polar surface area (TPSA) is 52.7 Å². The van der Waals surface area contributed by atoms with Crippen LogP contribution in [0.25, 0.3) is 0 Å². The summed E-state index contributed by atoms with van der Waals surface area (Å²) in [7, 11) is 0. The van der Waals surface area contributed by atoms with Crippen molar-refractivity contribution < 1.29 is 9.59 Å². The second kappa shape index (κ2) is 5.76. The van der Waals surface area contributed by atoms with Gasteiger partial charge in [-0.25, -0.2) is 0 Å². The summed E-state index contributed by atoms with van der Waals surface area (Å²) in [6.45, 7) is 4.03. The number of hydrogen-bond acceptors (Lipinski definition) is 3. The summed E-state index contributed by atoms with van der Waals surface area (Å²) in [5, 5.41) is 2.61. The molecule has 3 rings (SSSR count). The molecule has 2 amide bonds. The van der Waals surface area contributed by atoms with E-state index in [2.05, 4.69) is 10.2 Å². The largest absolute Gasteiger partial charge is 0.372 e. The Kier molecular flexibility index (Phi) is 3.82. The molecule has 1 aromatic carbocycles. The van der Waals surface area contributed by atoms with Crippen LogP contribution in [0.5, 0.6) is 0 Å². The number of anilines is 2. The lowest BCUT2D eigenvalue weighted by Gasteiger charge is -2.33. The summed E-state index contributed by atoms with van der Waals surface area (Å²) >= 11 is 0. The van der Waals surface area contributed by atoms with Crippen molar-refractivity contribution in [3.05, 3.63) is 24.3 Å². The maximum absolute atomic E-state index is 12.0. The molecule has 0 radical (unpaired) electrons. The van der Waals surface area contributed by atoms with Crippen molar-refractivity contribution >= 4 is 23.2 Å². The van der Waals surface area contributed by atoms with Gasteiger partial charge in [-0.2, -0.15) is 0 Å². The van der Waals surface area contributed by atoms with Crippen LogP contribution in [0.1, 0.15) is 26.2 Å². The first kappa shape index (κ1) is 13.9. The van der Waals surface area contributed by atoms with E-state index in [1.807, 2.05) is 24.3 Å². The summed E-state index contributed by atoms with van der Waals surface area (Å²) in [6, 6.07) is 7.53. The van der Waals surface area contributed by atoms with Crippen LogP contribution in [0, 0.1) is 0 Å². The Labute approximate surface area is 124 Å². The molecule has 1 atom stereocenters. The smallest absolute Gasteiger partial charge is 0.247 e. The fourth-order valence-electron chi connectivity index (χ4n) is 3.07. The molecule has 0 aliphatic carbocycles. The fraction of sp³-hybridized carbons (Fsp3) is 0.500. The van der Waals surface area contributed by atoms with Gasteiger partial charge in [0.05, 0.1) is 6.54 Å². The number of nitrogens with zero attached hydrogens (tertiary/aromatic N) is 2. The molecule has 1 aromatic rings. The monoisotopic (exact) mass is 287 g/mol. The van der Waals surface area contributed by atoms with Crippen molar-refractivity contribution in [1.29, 1.82) is 0 Å². The molecule has 0 bridgehead atoms. The number of piperazine rings is 1. The summed E-state index contributed by atoms with van der Waals surface area (Å²) in [5.41, 5.74) is 1.99. The van der Waals surface area contributed by atoms with E-state index in [4.69, 9.17) is 0 Å². The molecule has 0 saturated carbocycles. The number of benzene rings is 1. The highest BCUT2D eigenvalue weighted by Crippen LogP contribution is 2.25. The minimum atomic E-state index is -0.452. The van der Waals surface area contributed by atoms with Crippen LogP contribution in [0.4, 0.5) is 11.4 Å². The third kappa shape index (κ3) is 2.73. The quantitative estimate of drug-likeness (QED) is 0.897. The van der Waals surface area contributed by atoms with E-state index in [0.29, 0.717) is 0 Å². The molecule has 2 aliphatic heterocycles. The number of carbonyl (C=O) groups is 2. The molecular weight excluding hydrogens is 266 g/mol. The lowest BCUT2D eigenvalue weighted by atomic mass is 10.1. The third-order valence-corrected chi connectivity index (χ3v) is 4.30. The SMILES string of the molecule is CC1C(=O)NCC(=O)N1c1ccc(N2CCCCC2)cc1. The molecule has 112 valence electrons. The zero-order chi connectivity index (χ0) is 14.8.